The van der Waals surface area contributed by atoms with Crippen molar-refractivity contribution in [2.45, 2.75) is 48.5 Å². The van der Waals surface area contributed by atoms with Crippen molar-refractivity contribution in [2.75, 3.05) is 12.9 Å². The largest absolute Gasteiger partial charge is 0.468 e. The molecule has 1 aromatic heterocycles. The summed E-state index contributed by atoms with van der Waals surface area (Å²) in [6.45, 7) is 1.94. The maximum Gasteiger partial charge on any atom is 0.325 e. The van der Waals surface area contributed by atoms with Gasteiger partial charge in [-0.2, -0.15) is 0 Å². The number of nitrogens with zero attached hydrogens (tertiary/aromatic N) is 2. The number of methoxy groups -OCH3 is 1. The molecule has 1 aliphatic carbocycles. The molecule has 19 heavy (non-hydrogen) atoms. The van der Waals surface area contributed by atoms with Crippen molar-refractivity contribution in [3.63, 3.8) is 0 Å². The Kier molecular flexibility index (Phi) is 5.18. The summed E-state index contributed by atoms with van der Waals surface area (Å²) in [4.78, 5) is 11.9. The van der Waals surface area contributed by atoms with E-state index in [9.17, 15) is 4.79 Å². The molecule has 0 saturated heterocycles. The maximum absolute atomic E-state index is 11.9. The van der Waals surface area contributed by atoms with Crippen LogP contribution in [0.4, 0.5) is 0 Å². The van der Waals surface area contributed by atoms with Crippen LogP contribution in [0.3, 0.4) is 0 Å². The Morgan fingerprint density at radius 3 is 3.05 bits per heavy atom. The van der Waals surface area contributed by atoms with Gasteiger partial charge < -0.3 is 4.74 Å². The second-order valence-corrected chi connectivity index (χ2v) is 7.07. The molecule has 0 aromatic carbocycles. The van der Waals surface area contributed by atoms with E-state index >= 15 is 0 Å². The predicted octanol–water partition coefficient (Wildman–Crippen LogP) is 2.09. The topological polar surface area (TPSA) is 64.1 Å². The molecule has 0 spiro atoms. The Labute approximate surface area is 121 Å². The van der Waals surface area contributed by atoms with Crippen LogP contribution in [-0.2, 0) is 9.53 Å². The highest BCUT2D eigenvalue weighted by atomic mass is 32.2. The predicted molar refractivity (Wildman–Crippen MR) is 76.4 cm³/mol. The summed E-state index contributed by atoms with van der Waals surface area (Å²) >= 11 is 3.23. The minimum atomic E-state index is -0.558. The molecule has 1 atom stereocenters. The van der Waals surface area contributed by atoms with Gasteiger partial charge in [0.15, 0.2) is 4.34 Å². The Morgan fingerprint density at radius 1 is 1.68 bits per heavy atom. The summed E-state index contributed by atoms with van der Waals surface area (Å²) in [5, 5.41) is 11.2. The zero-order valence-electron chi connectivity index (χ0n) is 11.2. The van der Waals surface area contributed by atoms with Gasteiger partial charge in [0, 0.05) is 11.8 Å². The summed E-state index contributed by atoms with van der Waals surface area (Å²) in [5.74, 6) is 0.772. The number of hydrogen-bond acceptors (Lipinski definition) is 7. The lowest BCUT2D eigenvalue weighted by atomic mass is 9.96. The number of hydrogen-bond donors (Lipinski definition) is 1. The number of thioether (sulfide) groups is 1. The van der Waals surface area contributed by atoms with Crippen molar-refractivity contribution in [3.05, 3.63) is 5.51 Å². The van der Waals surface area contributed by atoms with Gasteiger partial charge in [0.1, 0.15) is 11.0 Å². The third kappa shape index (κ3) is 4.43. The number of esters is 1. The second-order valence-electron chi connectivity index (χ2n) is 4.90. The third-order valence-corrected chi connectivity index (χ3v) is 5.07. The molecular weight excluding hydrogens is 282 g/mol. The van der Waals surface area contributed by atoms with Crippen LogP contribution in [0.2, 0.25) is 0 Å². The lowest BCUT2D eigenvalue weighted by Crippen LogP contribution is -2.51. The molecule has 1 unspecified atom stereocenters. The Balaban J connectivity index is 1.77. The number of aromatic nitrogens is 2. The van der Waals surface area contributed by atoms with Crippen LogP contribution in [0.25, 0.3) is 0 Å². The molecule has 1 heterocycles. The highest BCUT2D eigenvalue weighted by molar-refractivity contribution is 8.00. The van der Waals surface area contributed by atoms with Crippen LogP contribution < -0.4 is 5.32 Å². The zero-order chi connectivity index (χ0) is 13.7. The van der Waals surface area contributed by atoms with Crippen LogP contribution >= 0.6 is 23.1 Å². The average molecular weight is 301 g/mol. The highest BCUT2D eigenvalue weighted by Crippen LogP contribution is 2.27. The molecule has 1 N–H and O–H groups in total. The summed E-state index contributed by atoms with van der Waals surface area (Å²) in [6, 6.07) is 0.486. The molecule has 1 saturated carbocycles. The molecule has 1 aromatic rings. The minimum absolute atomic E-state index is 0.166. The van der Waals surface area contributed by atoms with Crippen molar-refractivity contribution in [1.82, 2.24) is 15.5 Å². The van der Waals surface area contributed by atoms with Crippen LogP contribution in [0.15, 0.2) is 9.85 Å². The van der Waals surface area contributed by atoms with Crippen molar-refractivity contribution < 1.29 is 9.53 Å². The lowest BCUT2D eigenvalue weighted by molar-refractivity contribution is -0.148. The van der Waals surface area contributed by atoms with Gasteiger partial charge in [0.2, 0.25) is 0 Å². The quantitative estimate of drug-likeness (QED) is 0.451. The number of nitrogens with one attached hydrogen (secondary N) is 1. The van der Waals surface area contributed by atoms with E-state index in [-0.39, 0.29) is 5.97 Å². The van der Waals surface area contributed by atoms with E-state index in [1.807, 2.05) is 6.92 Å². The molecule has 1 aliphatic rings. The fraction of sp³-hybridized carbons (Fsp3) is 0.750. The lowest BCUT2D eigenvalue weighted by Gasteiger charge is -2.28. The van der Waals surface area contributed by atoms with Crippen molar-refractivity contribution in [3.8, 4) is 0 Å². The Morgan fingerprint density at radius 2 is 2.47 bits per heavy atom. The summed E-state index contributed by atoms with van der Waals surface area (Å²) in [6.07, 6.45) is 4.04. The van der Waals surface area contributed by atoms with Gasteiger partial charge in [-0.15, -0.1) is 10.2 Å². The van der Waals surface area contributed by atoms with E-state index in [1.165, 1.54) is 7.11 Å². The fourth-order valence-corrected chi connectivity index (χ4v) is 3.45. The average Bonchev–Trinajstić information content (AvgIpc) is 3.06. The monoisotopic (exact) mass is 301 g/mol. The molecular formula is C12H19N3O2S2. The number of rotatable bonds is 8. The van der Waals surface area contributed by atoms with E-state index in [4.69, 9.17) is 4.74 Å². The van der Waals surface area contributed by atoms with Crippen molar-refractivity contribution >= 4 is 29.1 Å². The third-order valence-electron chi connectivity index (χ3n) is 3.12. The summed E-state index contributed by atoms with van der Waals surface area (Å²) in [7, 11) is 1.45. The minimum Gasteiger partial charge on any atom is -0.468 e. The van der Waals surface area contributed by atoms with Gasteiger partial charge >= 0.3 is 5.97 Å². The molecule has 106 valence electrons. The normalized spacial score (nSPS) is 18.0. The molecule has 0 radical (unpaired) electrons. The maximum atomic E-state index is 11.9. The van der Waals surface area contributed by atoms with Gasteiger partial charge in [-0.1, -0.05) is 23.1 Å². The van der Waals surface area contributed by atoms with E-state index in [1.54, 1.807) is 28.6 Å². The van der Waals surface area contributed by atoms with Gasteiger partial charge in [-0.3, -0.25) is 10.1 Å². The first-order valence-electron chi connectivity index (χ1n) is 6.39. The van der Waals surface area contributed by atoms with E-state index < -0.39 is 5.54 Å². The van der Waals surface area contributed by atoms with E-state index in [0.29, 0.717) is 6.04 Å². The van der Waals surface area contributed by atoms with E-state index in [0.717, 1.165) is 35.8 Å². The molecule has 0 bridgehead atoms. The zero-order valence-corrected chi connectivity index (χ0v) is 12.9. The molecule has 0 amide bonds. The van der Waals surface area contributed by atoms with Gasteiger partial charge in [-0.05, 0) is 32.6 Å². The van der Waals surface area contributed by atoms with Gasteiger partial charge in [0.05, 0.1) is 7.11 Å². The molecule has 1 fully saturated rings. The van der Waals surface area contributed by atoms with E-state index in [2.05, 4.69) is 15.5 Å². The number of carbonyl (C=O) groups is 1. The molecule has 0 aliphatic heterocycles. The van der Waals surface area contributed by atoms with Crippen LogP contribution in [0, 0.1) is 0 Å². The molecule has 2 rings (SSSR count). The van der Waals surface area contributed by atoms with Crippen molar-refractivity contribution in [1.29, 1.82) is 0 Å². The fourth-order valence-electron chi connectivity index (χ4n) is 1.95. The first-order chi connectivity index (χ1) is 9.14. The molecule has 5 nitrogen and oxygen atoms in total. The molecule has 7 heteroatoms. The number of ether oxygens (including phenoxy) is 1. The standard InChI is InChI=1S/C12H19N3O2S2/c1-12(10(16)17-2,14-9-4-5-9)6-3-7-18-11-15-13-8-19-11/h8-9,14H,3-7H2,1-2H3. The SMILES string of the molecule is COC(=O)C(C)(CCCSc1nncs1)NC1CC1. The van der Waals surface area contributed by atoms with Gasteiger partial charge in [0.25, 0.3) is 0 Å². The van der Waals surface area contributed by atoms with Crippen LogP contribution in [-0.4, -0.2) is 40.6 Å². The highest BCUT2D eigenvalue weighted by Gasteiger charge is 2.38. The van der Waals surface area contributed by atoms with Crippen LogP contribution in [0.1, 0.15) is 32.6 Å². The summed E-state index contributed by atoms with van der Waals surface area (Å²) < 4.78 is 5.90. The van der Waals surface area contributed by atoms with Gasteiger partial charge in [-0.25, -0.2) is 0 Å². The Bertz CT molecular complexity index is 409. The second kappa shape index (κ2) is 6.67. The number of carbonyl (C=O) groups excluding carboxylic acids is 1. The van der Waals surface area contributed by atoms with Crippen molar-refractivity contribution in [2.24, 2.45) is 0 Å². The first-order valence-corrected chi connectivity index (χ1v) is 8.25. The first kappa shape index (κ1) is 14.7. The smallest absolute Gasteiger partial charge is 0.325 e. The van der Waals surface area contributed by atoms with Crippen LogP contribution in [0.5, 0.6) is 0 Å². The Hall–Kier alpha value is -0.660. The summed E-state index contributed by atoms with van der Waals surface area (Å²) in [5.41, 5.74) is 1.17.